The van der Waals surface area contributed by atoms with Crippen molar-refractivity contribution in [2.24, 2.45) is 5.10 Å². The lowest BCUT2D eigenvalue weighted by Crippen LogP contribution is -2.39. The second kappa shape index (κ2) is 9.94. The number of sulfonamides is 1. The van der Waals surface area contributed by atoms with Crippen molar-refractivity contribution in [3.63, 3.8) is 0 Å². The molecule has 1 amide bonds. The maximum atomic E-state index is 13.2. The van der Waals surface area contributed by atoms with Crippen LogP contribution in [-0.4, -0.2) is 37.9 Å². The van der Waals surface area contributed by atoms with Gasteiger partial charge in [0.25, 0.3) is 5.91 Å². The van der Waals surface area contributed by atoms with Crippen molar-refractivity contribution in [2.45, 2.75) is 13.8 Å². The largest absolute Gasteiger partial charge is 0.318 e. The van der Waals surface area contributed by atoms with E-state index in [0.717, 1.165) is 33.2 Å². The molecule has 0 aliphatic rings. The standard InChI is InChI=1S/C22H21Cl2FN4O3S/c1-14-10-16(15(2)29(14)19-7-5-18(25)6-8-19)12-26-27-22(30)13-28(33(3,31)32)21-11-17(23)4-9-20(21)24/h4-12H,13H2,1-3H3,(H,27,30)/b26-12-. The fourth-order valence-corrected chi connectivity index (χ4v) is 4.60. The quantitative estimate of drug-likeness (QED) is 0.376. The smallest absolute Gasteiger partial charge is 0.260 e. The summed E-state index contributed by atoms with van der Waals surface area (Å²) < 4.78 is 40.5. The highest BCUT2D eigenvalue weighted by Crippen LogP contribution is 2.30. The van der Waals surface area contributed by atoms with Crippen molar-refractivity contribution >= 4 is 51.0 Å². The van der Waals surface area contributed by atoms with E-state index < -0.39 is 22.5 Å². The first-order valence-corrected chi connectivity index (χ1v) is 12.3. The maximum Gasteiger partial charge on any atom is 0.260 e. The fraction of sp³-hybridized carbons (Fsp3) is 0.182. The molecule has 0 atom stereocenters. The number of hydrogen-bond acceptors (Lipinski definition) is 4. The van der Waals surface area contributed by atoms with Crippen LogP contribution in [0, 0.1) is 19.7 Å². The highest BCUT2D eigenvalue weighted by Gasteiger charge is 2.23. The van der Waals surface area contributed by atoms with Crippen molar-refractivity contribution in [3.8, 4) is 5.69 Å². The number of rotatable bonds is 7. The molecule has 0 aliphatic carbocycles. The van der Waals surface area contributed by atoms with Crippen LogP contribution in [0.3, 0.4) is 0 Å². The summed E-state index contributed by atoms with van der Waals surface area (Å²) in [7, 11) is -3.82. The molecular formula is C22H21Cl2FN4O3S. The summed E-state index contributed by atoms with van der Waals surface area (Å²) in [6, 6.07) is 12.3. The van der Waals surface area contributed by atoms with E-state index in [-0.39, 0.29) is 21.5 Å². The monoisotopic (exact) mass is 510 g/mol. The topological polar surface area (TPSA) is 83.8 Å². The van der Waals surface area contributed by atoms with Crippen LogP contribution in [-0.2, 0) is 14.8 Å². The van der Waals surface area contributed by atoms with Crippen LogP contribution in [0.5, 0.6) is 0 Å². The van der Waals surface area contributed by atoms with Gasteiger partial charge in [-0.05, 0) is 62.4 Å². The van der Waals surface area contributed by atoms with Crippen LogP contribution in [0.25, 0.3) is 5.69 Å². The zero-order valence-electron chi connectivity index (χ0n) is 18.0. The number of anilines is 1. The Bertz CT molecular complexity index is 1320. The molecule has 1 aromatic heterocycles. The van der Waals surface area contributed by atoms with E-state index in [4.69, 9.17) is 23.2 Å². The summed E-state index contributed by atoms with van der Waals surface area (Å²) in [6.45, 7) is 3.22. The number of hydrogen-bond donors (Lipinski definition) is 1. The minimum Gasteiger partial charge on any atom is -0.318 e. The molecule has 2 aromatic carbocycles. The highest BCUT2D eigenvalue weighted by atomic mass is 35.5. The van der Waals surface area contributed by atoms with Gasteiger partial charge in [-0.1, -0.05) is 23.2 Å². The van der Waals surface area contributed by atoms with Gasteiger partial charge in [-0.15, -0.1) is 0 Å². The molecule has 3 rings (SSSR count). The number of amides is 1. The normalized spacial score (nSPS) is 11.7. The van der Waals surface area contributed by atoms with E-state index in [9.17, 15) is 17.6 Å². The third-order valence-electron chi connectivity index (χ3n) is 4.81. The zero-order chi connectivity index (χ0) is 24.3. The van der Waals surface area contributed by atoms with E-state index >= 15 is 0 Å². The molecule has 11 heteroatoms. The third kappa shape index (κ3) is 5.93. The van der Waals surface area contributed by atoms with E-state index in [1.54, 1.807) is 12.1 Å². The van der Waals surface area contributed by atoms with Gasteiger partial charge in [-0.3, -0.25) is 9.10 Å². The summed E-state index contributed by atoms with van der Waals surface area (Å²) in [5, 5.41) is 4.36. The summed E-state index contributed by atoms with van der Waals surface area (Å²) in [4.78, 5) is 12.4. The van der Waals surface area contributed by atoms with E-state index in [0.29, 0.717) is 0 Å². The van der Waals surface area contributed by atoms with Gasteiger partial charge < -0.3 is 4.57 Å². The Morgan fingerprint density at radius 3 is 2.45 bits per heavy atom. The Labute approximate surface area is 201 Å². The van der Waals surface area contributed by atoms with Crippen molar-refractivity contribution < 1.29 is 17.6 Å². The zero-order valence-corrected chi connectivity index (χ0v) is 20.3. The summed E-state index contributed by atoms with van der Waals surface area (Å²) in [5.74, 6) is -0.993. The third-order valence-corrected chi connectivity index (χ3v) is 6.49. The Kier molecular flexibility index (Phi) is 7.46. The van der Waals surface area contributed by atoms with Crippen LogP contribution in [0.15, 0.2) is 53.6 Å². The van der Waals surface area contributed by atoms with Crippen molar-refractivity contribution in [2.75, 3.05) is 17.1 Å². The molecule has 174 valence electrons. The fourth-order valence-electron chi connectivity index (χ4n) is 3.30. The minimum atomic E-state index is -3.82. The van der Waals surface area contributed by atoms with Crippen molar-refractivity contribution in [1.29, 1.82) is 0 Å². The number of nitrogens with one attached hydrogen (secondary N) is 1. The van der Waals surface area contributed by atoms with Gasteiger partial charge >= 0.3 is 0 Å². The number of carbonyl (C=O) groups is 1. The molecule has 7 nitrogen and oxygen atoms in total. The van der Waals surface area contributed by atoms with Gasteiger partial charge in [0.2, 0.25) is 10.0 Å². The van der Waals surface area contributed by atoms with Crippen LogP contribution >= 0.6 is 23.2 Å². The number of aryl methyl sites for hydroxylation is 1. The summed E-state index contributed by atoms with van der Waals surface area (Å²) >= 11 is 12.1. The molecule has 0 saturated carbocycles. The van der Waals surface area contributed by atoms with E-state index in [1.807, 2.05) is 24.5 Å². The molecule has 33 heavy (non-hydrogen) atoms. The first kappa shape index (κ1) is 24.8. The Balaban J connectivity index is 1.76. The lowest BCUT2D eigenvalue weighted by molar-refractivity contribution is -0.119. The number of halogens is 3. The predicted octanol–water partition coefficient (Wildman–Crippen LogP) is 4.46. The van der Waals surface area contributed by atoms with Crippen LogP contribution < -0.4 is 9.73 Å². The van der Waals surface area contributed by atoms with Gasteiger partial charge in [0.1, 0.15) is 12.4 Å². The average Bonchev–Trinajstić information content (AvgIpc) is 3.01. The van der Waals surface area contributed by atoms with Gasteiger partial charge in [0.15, 0.2) is 0 Å². The second-order valence-corrected chi connectivity index (χ2v) is 10.0. The van der Waals surface area contributed by atoms with Gasteiger partial charge in [-0.2, -0.15) is 5.10 Å². The van der Waals surface area contributed by atoms with Crippen LogP contribution in [0.1, 0.15) is 17.0 Å². The van der Waals surface area contributed by atoms with Crippen molar-refractivity contribution in [1.82, 2.24) is 9.99 Å². The lowest BCUT2D eigenvalue weighted by atomic mass is 10.2. The summed E-state index contributed by atoms with van der Waals surface area (Å²) in [5.41, 5.74) is 5.67. The van der Waals surface area contributed by atoms with Crippen LogP contribution in [0.2, 0.25) is 10.0 Å². The Morgan fingerprint density at radius 2 is 1.82 bits per heavy atom. The number of aromatic nitrogens is 1. The number of nitrogens with zero attached hydrogens (tertiary/aromatic N) is 3. The van der Waals surface area contributed by atoms with E-state index in [2.05, 4.69) is 10.5 Å². The van der Waals surface area contributed by atoms with Crippen LogP contribution in [0.4, 0.5) is 10.1 Å². The molecule has 0 unspecified atom stereocenters. The van der Waals surface area contributed by atoms with Crippen molar-refractivity contribution in [3.05, 3.63) is 81.3 Å². The molecule has 0 fully saturated rings. The maximum absolute atomic E-state index is 13.2. The van der Waals surface area contributed by atoms with E-state index in [1.165, 1.54) is 36.5 Å². The Hall–Kier alpha value is -2.88. The molecule has 0 bridgehead atoms. The molecule has 0 spiro atoms. The number of benzene rings is 2. The molecule has 1 heterocycles. The predicted molar refractivity (Wildman–Crippen MR) is 130 cm³/mol. The highest BCUT2D eigenvalue weighted by molar-refractivity contribution is 7.92. The molecule has 1 N–H and O–H groups in total. The first-order valence-electron chi connectivity index (χ1n) is 9.67. The average molecular weight is 511 g/mol. The molecular weight excluding hydrogens is 490 g/mol. The molecule has 3 aromatic rings. The molecule has 0 aliphatic heterocycles. The SMILES string of the molecule is Cc1cc(/C=N\NC(=O)CN(c2cc(Cl)ccc2Cl)S(C)(=O)=O)c(C)n1-c1ccc(F)cc1. The Morgan fingerprint density at radius 1 is 1.15 bits per heavy atom. The lowest BCUT2D eigenvalue weighted by Gasteiger charge is -2.22. The number of carbonyl (C=O) groups excluding carboxylic acids is 1. The molecule has 0 saturated heterocycles. The van der Waals surface area contributed by atoms with Gasteiger partial charge in [-0.25, -0.2) is 18.2 Å². The first-order chi connectivity index (χ1) is 15.5. The second-order valence-electron chi connectivity index (χ2n) is 7.30. The minimum absolute atomic E-state index is 0.0913. The molecule has 0 radical (unpaired) electrons. The summed E-state index contributed by atoms with van der Waals surface area (Å²) in [6.07, 6.45) is 2.42. The van der Waals surface area contributed by atoms with Gasteiger partial charge in [0.05, 0.1) is 23.2 Å². The number of hydrazone groups is 1. The van der Waals surface area contributed by atoms with Gasteiger partial charge in [0, 0.05) is 27.7 Å².